The summed E-state index contributed by atoms with van der Waals surface area (Å²) in [5.74, 6) is 0.462. The molecule has 10 heteroatoms. The Bertz CT molecular complexity index is 1150. The zero-order valence-electron chi connectivity index (χ0n) is 16.9. The fourth-order valence-electron chi connectivity index (χ4n) is 2.28. The average Bonchev–Trinajstić information content (AvgIpc) is 3.47. The third kappa shape index (κ3) is 9.21. The summed E-state index contributed by atoms with van der Waals surface area (Å²) >= 11 is 20.4. The van der Waals surface area contributed by atoms with Crippen molar-refractivity contribution in [3.05, 3.63) is 98.7 Å². The van der Waals surface area contributed by atoms with Crippen LogP contribution < -0.4 is 51.4 Å². The predicted octanol–water partition coefficient (Wildman–Crippen LogP) is 5.19. The number of benzene rings is 2. The SMILES string of the molecule is ClCc1csc(-c2ccc(Cl)cc2)n1.[C-]#N.[C-]#[N+]Cc1csc(-c2ccc(Cl)cc2)n1.[K+]. The van der Waals surface area contributed by atoms with E-state index < -0.39 is 0 Å². The van der Waals surface area contributed by atoms with Gasteiger partial charge in [-0.1, -0.05) is 47.5 Å². The van der Waals surface area contributed by atoms with Gasteiger partial charge in [-0.05, 0) is 24.3 Å². The Hall–Kier alpha value is -0.814. The standard InChI is InChI=1S/C11H7ClN2S.C10H7Cl2NS.CN.K/c1-13-6-10-7-15-11(14-10)8-2-4-9(12)5-3-8;11-5-9-6-14-10(13-9)7-1-3-8(12)4-2-7;1-2;/h2-5,7H,6H2;1-4,6H,5H2;;/q;;-1;+1. The molecular formula is C22H14Cl3KN4S2. The van der Waals surface area contributed by atoms with Gasteiger partial charge in [0.1, 0.15) is 15.7 Å². The molecule has 0 N–H and O–H groups in total. The molecule has 4 nitrogen and oxygen atoms in total. The van der Waals surface area contributed by atoms with Crippen molar-refractivity contribution >= 4 is 57.5 Å². The van der Waals surface area contributed by atoms with E-state index >= 15 is 0 Å². The van der Waals surface area contributed by atoms with Crippen molar-refractivity contribution in [2.24, 2.45) is 0 Å². The number of thiazole rings is 2. The number of alkyl halides is 1. The van der Waals surface area contributed by atoms with Crippen LogP contribution in [0.5, 0.6) is 0 Å². The second kappa shape index (κ2) is 15.9. The van der Waals surface area contributed by atoms with Crippen molar-refractivity contribution in [3.8, 4) is 21.1 Å². The van der Waals surface area contributed by atoms with Gasteiger partial charge in [0.05, 0.1) is 11.6 Å². The van der Waals surface area contributed by atoms with E-state index in [9.17, 15) is 0 Å². The van der Waals surface area contributed by atoms with Crippen LogP contribution in [0.25, 0.3) is 26.0 Å². The van der Waals surface area contributed by atoms with E-state index in [1.807, 2.05) is 59.3 Å². The minimum atomic E-state index is 0. The van der Waals surface area contributed by atoms with Crippen molar-refractivity contribution in [1.29, 1.82) is 5.26 Å². The molecular weight excluding hydrogens is 530 g/mol. The Balaban J connectivity index is 0.000000289. The van der Waals surface area contributed by atoms with E-state index in [4.69, 9.17) is 53.2 Å². The van der Waals surface area contributed by atoms with Crippen molar-refractivity contribution in [3.63, 3.8) is 0 Å². The molecule has 2 aromatic heterocycles. The van der Waals surface area contributed by atoms with E-state index in [-0.39, 0.29) is 51.4 Å². The van der Waals surface area contributed by atoms with E-state index in [1.54, 1.807) is 22.7 Å². The third-order valence-corrected chi connectivity index (χ3v) is 6.32. The van der Waals surface area contributed by atoms with Gasteiger partial charge in [0.25, 0.3) is 6.54 Å². The van der Waals surface area contributed by atoms with Gasteiger partial charge in [0.15, 0.2) is 0 Å². The number of hydrogen-bond acceptors (Lipinski definition) is 5. The first-order valence-corrected chi connectivity index (χ1v) is 11.7. The van der Waals surface area contributed by atoms with Crippen molar-refractivity contribution < 1.29 is 51.4 Å². The van der Waals surface area contributed by atoms with Gasteiger partial charge < -0.3 is 16.7 Å². The molecule has 32 heavy (non-hydrogen) atoms. The second-order valence-corrected chi connectivity index (χ2v) is 8.61. The van der Waals surface area contributed by atoms with Crippen LogP contribution in [0.3, 0.4) is 0 Å². The first-order valence-electron chi connectivity index (χ1n) is 8.61. The Morgan fingerprint density at radius 3 is 1.56 bits per heavy atom. The van der Waals surface area contributed by atoms with Crippen LogP contribution in [0, 0.1) is 18.4 Å². The smallest absolute Gasteiger partial charge is 0.512 e. The quantitative estimate of drug-likeness (QED) is 0.202. The van der Waals surface area contributed by atoms with Crippen LogP contribution in [0.1, 0.15) is 11.4 Å². The first-order chi connectivity index (χ1) is 15.1. The van der Waals surface area contributed by atoms with Crippen LogP contribution in [-0.4, -0.2) is 9.97 Å². The molecule has 0 aliphatic carbocycles. The van der Waals surface area contributed by atoms with Gasteiger partial charge >= 0.3 is 51.4 Å². The molecule has 156 valence electrons. The van der Waals surface area contributed by atoms with Crippen molar-refractivity contribution in [2.75, 3.05) is 0 Å². The molecule has 0 aliphatic rings. The minimum absolute atomic E-state index is 0. The molecule has 0 spiro atoms. The number of nitrogens with zero attached hydrogens (tertiary/aromatic N) is 4. The van der Waals surface area contributed by atoms with E-state index in [2.05, 4.69) is 14.8 Å². The minimum Gasteiger partial charge on any atom is -0.512 e. The summed E-state index contributed by atoms with van der Waals surface area (Å²) in [5.41, 5.74) is 3.87. The van der Waals surface area contributed by atoms with Gasteiger partial charge in [-0.2, -0.15) is 0 Å². The predicted molar refractivity (Wildman–Crippen MR) is 130 cm³/mol. The molecule has 0 saturated heterocycles. The molecule has 0 radical (unpaired) electrons. The molecule has 4 rings (SSSR count). The van der Waals surface area contributed by atoms with E-state index in [1.165, 1.54) is 0 Å². The summed E-state index contributed by atoms with van der Waals surface area (Å²) in [5, 5.41) is 13.5. The Morgan fingerprint density at radius 2 is 1.19 bits per heavy atom. The number of aromatic nitrogens is 2. The van der Waals surface area contributed by atoms with Crippen LogP contribution in [0.15, 0.2) is 59.3 Å². The largest absolute Gasteiger partial charge is 1.00 e. The van der Waals surface area contributed by atoms with E-state index in [0.29, 0.717) is 12.4 Å². The average molecular weight is 544 g/mol. The summed E-state index contributed by atoms with van der Waals surface area (Å²) in [7, 11) is 0. The van der Waals surface area contributed by atoms with Crippen LogP contribution >= 0.6 is 57.5 Å². The zero-order valence-corrected chi connectivity index (χ0v) is 24.0. The maximum Gasteiger partial charge on any atom is 1.00 e. The molecule has 0 atom stereocenters. The number of halogens is 3. The Labute approximate surface area is 253 Å². The molecule has 0 bridgehead atoms. The van der Waals surface area contributed by atoms with Crippen LogP contribution in [-0.2, 0) is 12.4 Å². The van der Waals surface area contributed by atoms with Gasteiger partial charge in [0.2, 0.25) is 0 Å². The summed E-state index contributed by atoms with van der Waals surface area (Å²) < 4.78 is 0. The summed E-state index contributed by atoms with van der Waals surface area (Å²) in [6.07, 6.45) is 0. The van der Waals surface area contributed by atoms with Gasteiger partial charge in [-0.25, -0.2) is 16.5 Å². The summed E-state index contributed by atoms with van der Waals surface area (Å²) in [6.45, 7) is 11.9. The van der Waals surface area contributed by atoms with Gasteiger partial charge in [0, 0.05) is 31.9 Å². The monoisotopic (exact) mass is 542 g/mol. The maximum absolute atomic E-state index is 6.75. The Morgan fingerprint density at radius 1 is 0.781 bits per heavy atom. The Kier molecular flexibility index (Phi) is 14.5. The normalized spacial score (nSPS) is 9.25. The maximum atomic E-state index is 6.75. The number of rotatable bonds is 4. The molecule has 0 amide bonds. The van der Waals surface area contributed by atoms with E-state index in [0.717, 1.165) is 42.6 Å². The topological polar surface area (TPSA) is 53.9 Å². The van der Waals surface area contributed by atoms with Gasteiger partial charge in [-0.3, -0.25) is 0 Å². The van der Waals surface area contributed by atoms with Crippen molar-refractivity contribution in [2.45, 2.75) is 12.4 Å². The molecule has 2 aromatic carbocycles. The zero-order chi connectivity index (χ0) is 22.6. The molecule has 2 heterocycles. The molecule has 0 saturated carbocycles. The van der Waals surface area contributed by atoms with Gasteiger partial charge in [-0.15, -0.1) is 34.3 Å². The molecule has 0 unspecified atom stereocenters. The fraction of sp³-hybridized carbons (Fsp3) is 0.0909. The molecule has 4 aromatic rings. The van der Waals surface area contributed by atoms with Crippen LogP contribution in [0.4, 0.5) is 0 Å². The second-order valence-electron chi connectivity index (χ2n) is 5.75. The fourth-order valence-corrected chi connectivity index (χ4v) is 4.40. The van der Waals surface area contributed by atoms with Crippen molar-refractivity contribution in [1.82, 2.24) is 9.97 Å². The molecule has 0 fully saturated rings. The summed E-state index contributed by atoms with van der Waals surface area (Å²) in [4.78, 5) is 12.0. The van der Waals surface area contributed by atoms with Crippen LogP contribution in [0.2, 0.25) is 10.0 Å². The summed E-state index contributed by atoms with van der Waals surface area (Å²) in [6, 6.07) is 15.2. The first kappa shape index (κ1) is 29.2. The number of hydrogen-bond donors (Lipinski definition) is 0. The molecule has 0 aliphatic heterocycles. The third-order valence-electron chi connectivity index (χ3n) is 3.66.